The molecular weight excluding hydrogens is 245 g/mol. The van der Waals surface area contributed by atoms with Gasteiger partial charge in [-0.2, -0.15) is 0 Å². The first-order valence-corrected chi connectivity index (χ1v) is 5.46. The van der Waals surface area contributed by atoms with Crippen LogP contribution in [0.1, 0.15) is 42.9 Å². The van der Waals surface area contributed by atoms with Crippen molar-refractivity contribution in [2.45, 2.75) is 39.0 Å². The van der Waals surface area contributed by atoms with E-state index >= 15 is 0 Å². The molecule has 0 heterocycles. The molecule has 100 valence electrons. The Kier molecular flexibility index (Phi) is 4.38. The van der Waals surface area contributed by atoms with E-state index in [2.05, 4.69) is 0 Å². The van der Waals surface area contributed by atoms with Crippen LogP contribution in [0.15, 0.2) is 24.3 Å². The van der Waals surface area contributed by atoms with Gasteiger partial charge >= 0.3 is 5.97 Å². The van der Waals surface area contributed by atoms with E-state index in [1.807, 2.05) is 0 Å². The standard InChI is InChI=1S/C13H15F3O2/c1-13(2,3)18-12(17)9-6-4-5-8(7-9)10(14)11(15)16/h4-7,10-11H,1-3H3. The van der Waals surface area contributed by atoms with Crippen molar-refractivity contribution in [2.24, 2.45) is 0 Å². The van der Waals surface area contributed by atoms with Crippen LogP contribution in [0.25, 0.3) is 0 Å². The molecule has 0 aliphatic rings. The number of esters is 1. The van der Waals surface area contributed by atoms with Gasteiger partial charge in [-0.1, -0.05) is 12.1 Å². The molecule has 0 fully saturated rings. The number of benzene rings is 1. The van der Waals surface area contributed by atoms with Crippen LogP contribution in [0.5, 0.6) is 0 Å². The van der Waals surface area contributed by atoms with E-state index in [0.717, 1.165) is 6.07 Å². The summed E-state index contributed by atoms with van der Waals surface area (Å²) in [6, 6.07) is 5.05. The molecule has 1 rings (SSSR count). The number of halogens is 3. The zero-order valence-corrected chi connectivity index (χ0v) is 10.4. The highest BCUT2D eigenvalue weighted by atomic mass is 19.3. The van der Waals surface area contributed by atoms with Gasteiger partial charge in [0.05, 0.1) is 5.56 Å². The third kappa shape index (κ3) is 4.05. The fraction of sp³-hybridized carbons (Fsp3) is 0.462. The molecule has 1 aromatic rings. The van der Waals surface area contributed by atoms with E-state index in [4.69, 9.17) is 4.74 Å². The highest BCUT2D eigenvalue weighted by molar-refractivity contribution is 5.89. The molecule has 0 N–H and O–H groups in total. The number of hydrogen-bond acceptors (Lipinski definition) is 2. The van der Waals surface area contributed by atoms with Crippen molar-refractivity contribution < 1.29 is 22.7 Å². The van der Waals surface area contributed by atoms with E-state index in [0.29, 0.717) is 0 Å². The maximum atomic E-state index is 13.1. The summed E-state index contributed by atoms with van der Waals surface area (Å²) in [5.74, 6) is -0.661. The molecule has 0 spiro atoms. The summed E-state index contributed by atoms with van der Waals surface area (Å²) >= 11 is 0. The molecule has 0 bridgehead atoms. The second kappa shape index (κ2) is 5.42. The summed E-state index contributed by atoms with van der Waals surface area (Å²) in [6.45, 7) is 5.06. The first-order chi connectivity index (χ1) is 8.20. The Hall–Kier alpha value is -1.52. The molecule has 2 nitrogen and oxygen atoms in total. The van der Waals surface area contributed by atoms with Crippen molar-refractivity contribution in [3.8, 4) is 0 Å². The van der Waals surface area contributed by atoms with Crippen molar-refractivity contribution in [1.82, 2.24) is 0 Å². The first-order valence-electron chi connectivity index (χ1n) is 5.46. The van der Waals surface area contributed by atoms with Crippen LogP contribution in [0.2, 0.25) is 0 Å². The summed E-state index contributed by atoms with van der Waals surface area (Å²) < 4.78 is 42.7. The molecule has 0 radical (unpaired) electrons. The van der Waals surface area contributed by atoms with E-state index in [9.17, 15) is 18.0 Å². The largest absolute Gasteiger partial charge is 0.456 e. The Morgan fingerprint density at radius 1 is 1.22 bits per heavy atom. The summed E-state index contributed by atoms with van der Waals surface area (Å²) in [4.78, 5) is 11.7. The molecule has 5 heteroatoms. The molecule has 1 unspecified atom stereocenters. The number of hydrogen-bond donors (Lipinski definition) is 0. The monoisotopic (exact) mass is 260 g/mol. The highest BCUT2D eigenvalue weighted by Gasteiger charge is 2.23. The van der Waals surface area contributed by atoms with Crippen LogP contribution < -0.4 is 0 Å². The van der Waals surface area contributed by atoms with Gasteiger partial charge in [-0.3, -0.25) is 0 Å². The number of alkyl halides is 3. The van der Waals surface area contributed by atoms with Gasteiger partial charge in [0.2, 0.25) is 0 Å². The van der Waals surface area contributed by atoms with E-state index in [1.54, 1.807) is 20.8 Å². The second-order valence-corrected chi connectivity index (χ2v) is 4.86. The van der Waals surface area contributed by atoms with Crippen molar-refractivity contribution >= 4 is 5.97 Å². The number of rotatable bonds is 3. The predicted octanol–water partition coefficient (Wildman–Crippen LogP) is 3.92. The van der Waals surface area contributed by atoms with E-state index in [-0.39, 0.29) is 11.1 Å². The molecule has 0 amide bonds. The molecule has 1 atom stereocenters. The summed E-state index contributed by atoms with van der Waals surface area (Å²) in [7, 11) is 0. The molecule has 1 aromatic carbocycles. The smallest absolute Gasteiger partial charge is 0.338 e. The zero-order valence-electron chi connectivity index (χ0n) is 10.4. The quantitative estimate of drug-likeness (QED) is 0.770. The van der Waals surface area contributed by atoms with Gasteiger partial charge in [-0.25, -0.2) is 18.0 Å². The lowest BCUT2D eigenvalue weighted by atomic mass is 10.1. The lowest BCUT2D eigenvalue weighted by molar-refractivity contribution is 0.00682. The zero-order chi connectivity index (χ0) is 13.9. The Morgan fingerprint density at radius 3 is 2.33 bits per heavy atom. The van der Waals surface area contributed by atoms with E-state index in [1.165, 1.54) is 18.2 Å². The molecule has 0 saturated carbocycles. The van der Waals surface area contributed by atoms with E-state index < -0.39 is 24.2 Å². The number of ether oxygens (including phenoxy) is 1. The number of carbonyl (C=O) groups excluding carboxylic acids is 1. The summed E-state index contributed by atoms with van der Waals surface area (Å²) in [6.07, 6.45) is -5.51. The summed E-state index contributed by atoms with van der Waals surface area (Å²) in [5, 5.41) is 0. The lowest BCUT2D eigenvalue weighted by Crippen LogP contribution is -2.24. The Morgan fingerprint density at radius 2 is 1.83 bits per heavy atom. The molecular formula is C13H15F3O2. The van der Waals surface area contributed by atoms with Gasteiger partial charge in [0, 0.05) is 0 Å². The molecule has 0 aliphatic carbocycles. The minimum absolute atomic E-state index is 0.0609. The fourth-order valence-corrected chi connectivity index (χ4v) is 1.32. The van der Waals surface area contributed by atoms with Crippen molar-refractivity contribution in [2.75, 3.05) is 0 Å². The highest BCUT2D eigenvalue weighted by Crippen LogP contribution is 2.25. The van der Waals surface area contributed by atoms with Crippen LogP contribution in [0.3, 0.4) is 0 Å². The topological polar surface area (TPSA) is 26.3 Å². The minimum Gasteiger partial charge on any atom is -0.456 e. The average molecular weight is 260 g/mol. The maximum Gasteiger partial charge on any atom is 0.338 e. The van der Waals surface area contributed by atoms with Crippen molar-refractivity contribution in [1.29, 1.82) is 0 Å². The first kappa shape index (κ1) is 14.5. The van der Waals surface area contributed by atoms with Crippen molar-refractivity contribution in [3.05, 3.63) is 35.4 Å². The van der Waals surface area contributed by atoms with Gasteiger partial charge in [0.1, 0.15) is 5.60 Å². The Bertz CT molecular complexity index is 424. The van der Waals surface area contributed by atoms with Gasteiger partial charge in [-0.15, -0.1) is 0 Å². The van der Waals surface area contributed by atoms with Crippen LogP contribution >= 0.6 is 0 Å². The molecule has 0 aliphatic heterocycles. The summed E-state index contributed by atoms with van der Waals surface area (Å²) in [5.41, 5.74) is -0.857. The van der Waals surface area contributed by atoms with Gasteiger partial charge in [0.15, 0.2) is 6.17 Å². The van der Waals surface area contributed by atoms with Crippen LogP contribution in [0, 0.1) is 0 Å². The number of carbonyl (C=O) groups is 1. The third-order valence-electron chi connectivity index (χ3n) is 2.06. The maximum absolute atomic E-state index is 13.1. The van der Waals surface area contributed by atoms with Crippen LogP contribution in [0.4, 0.5) is 13.2 Å². The fourth-order valence-electron chi connectivity index (χ4n) is 1.32. The molecule has 0 aromatic heterocycles. The van der Waals surface area contributed by atoms with Crippen molar-refractivity contribution in [3.63, 3.8) is 0 Å². The van der Waals surface area contributed by atoms with Gasteiger partial charge in [0.25, 0.3) is 6.43 Å². The molecule has 18 heavy (non-hydrogen) atoms. The predicted molar refractivity (Wildman–Crippen MR) is 61.5 cm³/mol. The molecule has 0 saturated heterocycles. The van der Waals surface area contributed by atoms with Gasteiger partial charge in [-0.05, 0) is 38.5 Å². The SMILES string of the molecule is CC(C)(C)OC(=O)c1cccc(C(F)C(F)F)c1. The second-order valence-electron chi connectivity index (χ2n) is 4.86. The van der Waals surface area contributed by atoms with Crippen LogP contribution in [-0.2, 0) is 4.74 Å². The normalized spacial score (nSPS) is 13.5. The van der Waals surface area contributed by atoms with Gasteiger partial charge < -0.3 is 4.74 Å². The third-order valence-corrected chi connectivity index (χ3v) is 2.06. The lowest BCUT2D eigenvalue weighted by Gasteiger charge is -2.19. The van der Waals surface area contributed by atoms with Crippen LogP contribution in [-0.4, -0.2) is 18.0 Å². The Balaban J connectivity index is 2.92. The average Bonchev–Trinajstić information content (AvgIpc) is 2.25. The minimum atomic E-state index is -3.11. The Labute approximate surface area is 104 Å².